The van der Waals surface area contributed by atoms with Gasteiger partial charge in [-0.1, -0.05) is 23.7 Å². The Hall–Kier alpha value is -2.38. The third-order valence-corrected chi connectivity index (χ3v) is 8.72. The number of rotatable bonds is 6. The van der Waals surface area contributed by atoms with Crippen molar-refractivity contribution in [3.8, 4) is 5.69 Å². The molecule has 170 valence electrons. The van der Waals surface area contributed by atoms with Gasteiger partial charge in [0.25, 0.3) is 0 Å². The summed E-state index contributed by atoms with van der Waals surface area (Å²) in [5.74, 6) is 0.569. The van der Waals surface area contributed by atoms with E-state index >= 15 is 0 Å². The number of halogens is 1. The third-order valence-electron chi connectivity index (χ3n) is 5.19. The lowest BCUT2D eigenvalue weighted by Crippen LogP contribution is -2.48. The van der Waals surface area contributed by atoms with Crippen molar-refractivity contribution in [2.75, 3.05) is 32.4 Å². The van der Waals surface area contributed by atoms with Crippen LogP contribution in [-0.4, -0.2) is 78.7 Å². The van der Waals surface area contributed by atoms with E-state index in [1.165, 1.54) is 22.5 Å². The molecule has 0 amide bonds. The van der Waals surface area contributed by atoms with Crippen LogP contribution in [0.4, 0.5) is 0 Å². The van der Waals surface area contributed by atoms with Crippen LogP contribution in [0.25, 0.3) is 5.69 Å². The Morgan fingerprint density at radius 1 is 0.938 bits per heavy atom. The summed E-state index contributed by atoms with van der Waals surface area (Å²) >= 11 is 6.09. The number of hydrogen-bond donors (Lipinski definition) is 0. The molecule has 0 spiro atoms. The standard InChI is InChI=1S/C19H21ClN6O4S2/c1-31(27,28)16-8-6-15(7-9-16)26-19(21-22-23-26)14-24-10-12-25(13-11-24)32(29,30)18-5-3-2-4-17(18)20/h2-9H,10-14H2,1H3. The van der Waals surface area contributed by atoms with Gasteiger partial charge in [-0.25, -0.2) is 16.8 Å². The molecule has 13 heteroatoms. The number of piperazine rings is 1. The van der Waals surface area contributed by atoms with Gasteiger partial charge in [0.2, 0.25) is 10.0 Å². The highest BCUT2D eigenvalue weighted by molar-refractivity contribution is 7.90. The molecule has 3 aromatic rings. The predicted molar refractivity (Wildman–Crippen MR) is 118 cm³/mol. The zero-order chi connectivity index (χ0) is 22.9. The number of tetrazole rings is 1. The number of nitrogens with zero attached hydrogens (tertiary/aromatic N) is 6. The largest absolute Gasteiger partial charge is 0.293 e. The second-order valence-corrected chi connectivity index (χ2v) is 11.7. The van der Waals surface area contributed by atoms with Gasteiger partial charge < -0.3 is 0 Å². The second-order valence-electron chi connectivity index (χ2n) is 7.38. The monoisotopic (exact) mass is 496 g/mol. The van der Waals surface area contributed by atoms with Crippen molar-refractivity contribution in [2.45, 2.75) is 16.3 Å². The Labute approximate surface area is 191 Å². The van der Waals surface area contributed by atoms with Crippen LogP contribution in [-0.2, 0) is 26.4 Å². The highest BCUT2D eigenvalue weighted by Crippen LogP contribution is 2.25. The van der Waals surface area contributed by atoms with Crippen LogP contribution < -0.4 is 0 Å². The summed E-state index contributed by atoms with van der Waals surface area (Å²) in [6.45, 7) is 2.06. The van der Waals surface area contributed by atoms with Gasteiger partial charge in [0.15, 0.2) is 15.7 Å². The number of hydrogen-bond acceptors (Lipinski definition) is 8. The molecule has 0 aliphatic carbocycles. The maximum Gasteiger partial charge on any atom is 0.244 e. The molecule has 1 aromatic heterocycles. The summed E-state index contributed by atoms with van der Waals surface area (Å²) < 4.78 is 52.1. The van der Waals surface area contributed by atoms with E-state index in [2.05, 4.69) is 20.4 Å². The summed E-state index contributed by atoms with van der Waals surface area (Å²) in [6, 6.07) is 12.7. The van der Waals surface area contributed by atoms with E-state index in [1.807, 2.05) is 0 Å². The van der Waals surface area contributed by atoms with Gasteiger partial charge in [0, 0.05) is 32.4 Å². The molecule has 1 fully saturated rings. The number of aromatic nitrogens is 4. The first kappa shape index (κ1) is 22.8. The fourth-order valence-electron chi connectivity index (χ4n) is 3.46. The second kappa shape index (κ2) is 8.87. The summed E-state index contributed by atoms with van der Waals surface area (Å²) in [5, 5.41) is 12.0. The van der Waals surface area contributed by atoms with Crippen molar-refractivity contribution in [1.29, 1.82) is 0 Å². The Bertz CT molecular complexity index is 1320. The zero-order valence-corrected chi connectivity index (χ0v) is 19.6. The average molecular weight is 497 g/mol. The van der Waals surface area contributed by atoms with Gasteiger partial charge in [-0.2, -0.15) is 8.99 Å². The van der Waals surface area contributed by atoms with E-state index in [9.17, 15) is 16.8 Å². The number of sulfone groups is 1. The zero-order valence-electron chi connectivity index (χ0n) is 17.2. The van der Waals surface area contributed by atoms with Crippen LogP contribution >= 0.6 is 11.6 Å². The van der Waals surface area contributed by atoms with Gasteiger partial charge in [-0.05, 0) is 46.8 Å². The van der Waals surface area contributed by atoms with Crippen molar-refractivity contribution in [3.63, 3.8) is 0 Å². The Kier molecular flexibility index (Phi) is 6.32. The maximum atomic E-state index is 12.9. The summed E-state index contributed by atoms with van der Waals surface area (Å²) in [5.41, 5.74) is 0.636. The molecule has 0 bridgehead atoms. The minimum atomic E-state index is -3.67. The molecular formula is C19H21ClN6O4S2. The molecular weight excluding hydrogens is 476 g/mol. The average Bonchev–Trinajstić information content (AvgIpc) is 3.22. The van der Waals surface area contributed by atoms with Gasteiger partial charge in [0.05, 0.1) is 22.2 Å². The number of benzene rings is 2. The Balaban J connectivity index is 1.44. The highest BCUT2D eigenvalue weighted by atomic mass is 35.5. The lowest BCUT2D eigenvalue weighted by molar-refractivity contribution is 0.177. The van der Waals surface area contributed by atoms with Crippen molar-refractivity contribution >= 4 is 31.5 Å². The molecule has 2 heterocycles. The summed E-state index contributed by atoms with van der Waals surface area (Å²) in [4.78, 5) is 2.38. The van der Waals surface area contributed by atoms with E-state index in [4.69, 9.17) is 11.6 Å². The lowest BCUT2D eigenvalue weighted by Gasteiger charge is -2.33. The van der Waals surface area contributed by atoms with Crippen molar-refractivity contribution < 1.29 is 16.8 Å². The summed E-state index contributed by atoms with van der Waals surface area (Å²) in [6.07, 6.45) is 1.15. The van der Waals surface area contributed by atoms with Crippen molar-refractivity contribution in [2.24, 2.45) is 0 Å². The van der Waals surface area contributed by atoms with Crippen LogP contribution in [0, 0.1) is 0 Å². The molecule has 2 aromatic carbocycles. The van der Waals surface area contributed by atoms with E-state index in [0.29, 0.717) is 44.2 Å². The fourth-order valence-corrected chi connectivity index (χ4v) is 6.01. The Morgan fingerprint density at radius 3 is 2.22 bits per heavy atom. The first-order valence-corrected chi connectivity index (χ1v) is 13.4. The van der Waals surface area contributed by atoms with Crippen molar-refractivity contribution in [3.05, 3.63) is 59.4 Å². The molecule has 0 N–H and O–H groups in total. The molecule has 0 unspecified atom stereocenters. The number of sulfonamides is 1. The third kappa shape index (κ3) is 4.69. The van der Waals surface area contributed by atoms with Gasteiger partial charge in [-0.3, -0.25) is 4.90 Å². The van der Waals surface area contributed by atoms with E-state index in [1.54, 1.807) is 35.0 Å². The molecule has 0 atom stereocenters. The van der Waals surface area contributed by atoms with Crippen LogP contribution in [0.2, 0.25) is 5.02 Å². The van der Waals surface area contributed by atoms with Crippen LogP contribution in [0.15, 0.2) is 58.3 Å². The minimum absolute atomic E-state index is 0.108. The molecule has 1 aliphatic rings. The van der Waals surface area contributed by atoms with E-state index in [-0.39, 0.29) is 14.8 Å². The van der Waals surface area contributed by atoms with E-state index < -0.39 is 19.9 Å². The van der Waals surface area contributed by atoms with Crippen LogP contribution in [0.1, 0.15) is 5.82 Å². The topological polar surface area (TPSA) is 118 Å². The lowest BCUT2D eigenvalue weighted by atomic mass is 10.3. The summed E-state index contributed by atoms with van der Waals surface area (Å²) in [7, 11) is -6.96. The van der Waals surface area contributed by atoms with Gasteiger partial charge in [-0.15, -0.1) is 5.10 Å². The Morgan fingerprint density at radius 2 is 1.59 bits per heavy atom. The predicted octanol–water partition coefficient (Wildman–Crippen LogP) is 1.23. The van der Waals surface area contributed by atoms with Gasteiger partial charge >= 0.3 is 0 Å². The molecule has 4 rings (SSSR count). The first-order valence-electron chi connectivity index (χ1n) is 9.71. The van der Waals surface area contributed by atoms with E-state index in [0.717, 1.165) is 6.26 Å². The van der Waals surface area contributed by atoms with Gasteiger partial charge in [0.1, 0.15) is 4.90 Å². The van der Waals surface area contributed by atoms with Crippen LogP contribution in [0.3, 0.4) is 0 Å². The first-order chi connectivity index (χ1) is 15.2. The molecule has 0 radical (unpaired) electrons. The molecule has 32 heavy (non-hydrogen) atoms. The highest BCUT2D eigenvalue weighted by Gasteiger charge is 2.30. The van der Waals surface area contributed by atoms with Crippen LogP contribution in [0.5, 0.6) is 0 Å². The maximum absolute atomic E-state index is 12.9. The van der Waals surface area contributed by atoms with Crippen molar-refractivity contribution in [1.82, 2.24) is 29.4 Å². The SMILES string of the molecule is CS(=O)(=O)c1ccc(-n2nnnc2CN2CCN(S(=O)(=O)c3ccccc3Cl)CC2)cc1. The molecule has 1 saturated heterocycles. The normalized spacial score (nSPS) is 16.3. The molecule has 10 nitrogen and oxygen atoms in total. The molecule has 0 saturated carbocycles. The molecule has 1 aliphatic heterocycles. The minimum Gasteiger partial charge on any atom is -0.293 e. The smallest absolute Gasteiger partial charge is 0.244 e. The fraction of sp³-hybridized carbons (Fsp3) is 0.316. The quantitative estimate of drug-likeness (QED) is 0.500.